The maximum Gasteiger partial charge on any atom is 0.247 e. The van der Waals surface area contributed by atoms with Gasteiger partial charge < -0.3 is 9.32 Å². The summed E-state index contributed by atoms with van der Waals surface area (Å²) in [6, 6.07) is 9.65. The van der Waals surface area contributed by atoms with Gasteiger partial charge in [0.2, 0.25) is 17.7 Å². The Bertz CT molecular complexity index is 633. The van der Waals surface area contributed by atoms with Gasteiger partial charge in [-0.05, 0) is 30.9 Å². The van der Waals surface area contributed by atoms with E-state index in [1.807, 2.05) is 30.3 Å². The minimum Gasteiger partial charge on any atom is -0.419 e. The van der Waals surface area contributed by atoms with Crippen molar-refractivity contribution >= 4 is 5.91 Å². The van der Waals surface area contributed by atoms with Crippen LogP contribution in [-0.4, -0.2) is 28.1 Å². The van der Waals surface area contributed by atoms with Gasteiger partial charge in [-0.3, -0.25) is 4.79 Å². The third-order valence-corrected chi connectivity index (χ3v) is 4.47. The molecule has 0 spiro atoms. The van der Waals surface area contributed by atoms with Crippen LogP contribution in [-0.2, 0) is 11.3 Å². The molecule has 0 saturated heterocycles. The van der Waals surface area contributed by atoms with E-state index in [4.69, 9.17) is 4.42 Å². The van der Waals surface area contributed by atoms with E-state index >= 15 is 0 Å². The highest BCUT2D eigenvalue weighted by molar-refractivity contribution is 5.76. The molecule has 122 valence electrons. The number of benzene rings is 1. The van der Waals surface area contributed by atoms with Crippen LogP contribution in [0.15, 0.2) is 34.7 Å². The minimum absolute atomic E-state index is 0.163. The number of nitrogens with zero attached hydrogens (tertiary/aromatic N) is 3. The van der Waals surface area contributed by atoms with Crippen LogP contribution >= 0.6 is 0 Å². The zero-order chi connectivity index (χ0) is 16.1. The van der Waals surface area contributed by atoms with Crippen molar-refractivity contribution in [2.45, 2.75) is 45.1 Å². The molecule has 23 heavy (non-hydrogen) atoms. The second kappa shape index (κ2) is 7.40. The number of aromatic nitrogens is 2. The van der Waals surface area contributed by atoms with E-state index < -0.39 is 0 Å². The molecule has 0 N–H and O–H groups in total. The van der Waals surface area contributed by atoms with E-state index in [1.165, 1.54) is 32.1 Å². The number of rotatable bonds is 5. The van der Waals surface area contributed by atoms with Crippen LogP contribution in [0.2, 0.25) is 0 Å². The highest BCUT2D eigenvalue weighted by Crippen LogP contribution is 2.27. The van der Waals surface area contributed by atoms with E-state index in [9.17, 15) is 4.79 Å². The molecule has 0 unspecified atom stereocenters. The van der Waals surface area contributed by atoms with Crippen molar-refractivity contribution in [2.75, 3.05) is 7.05 Å². The molecule has 0 atom stereocenters. The number of amides is 1. The first-order valence-electron chi connectivity index (χ1n) is 8.34. The van der Waals surface area contributed by atoms with E-state index in [0.717, 1.165) is 5.56 Å². The summed E-state index contributed by atoms with van der Waals surface area (Å²) in [6.07, 6.45) is 6.81. The number of hydrogen-bond donors (Lipinski definition) is 0. The molecule has 1 saturated carbocycles. The lowest BCUT2D eigenvalue weighted by atomic mass is 9.87. The molecule has 1 aromatic heterocycles. The summed E-state index contributed by atoms with van der Waals surface area (Å²) in [5, 5.41) is 8.11. The summed E-state index contributed by atoms with van der Waals surface area (Å²) < 4.78 is 5.66. The first kappa shape index (κ1) is 15.7. The maximum absolute atomic E-state index is 12.3. The molecule has 0 bridgehead atoms. The molecular weight excluding hydrogens is 290 g/mol. The van der Waals surface area contributed by atoms with Crippen LogP contribution in [0.3, 0.4) is 0 Å². The van der Waals surface area contributed by atoms with E-state index in [-0.39, 0.29) is 5.91 Å². The van der Waals surface area contributed by atoms with Crippen molar-refractivity contribution in [3.63, 3.8) is 0 Å². The number of carbonyl (C=O) groups excluding carboxylic acids is 1. The Balaban J connectivity index is 1.56. The lowest BCUT2D eigenvalue weighted by molar-refractivity contribution is -0.131. The van der Waals surface area contributed by atoms with Crippen molar-refractivity contribution in [3.05, 3.63) is 36.2 Å². The Morgan fingerprint density at radius 1 is 1.17 bits per heavy atom. The SMILES string of the molecule is CN(Cc1nnc(-c2ccccc2)o1)C(=O)CC1CCCCC1. The normalized spacial score (nSPS) is 15.5. The van der Waals surface area contributed by atoms with Gasteiger partial charge in [0.15, 0.2) is 0 Å². The predicted octanol–water partition coefficient (Wildman–Crippen LogP) is 3.67. The smallest absolute Gasteiger partial charge is 0.247 e. The molecule has 1 amide bonds. The van der Waals surface area contributed by atoms with Crippen molar-refractivity contribution in [1.82, 2.24) is 15.1 Å². The molecule has 1 aliphatic carbocycles. The molecule has 1 aliphatic rings. The van der Waals surface area contributed by atoms with Gasteiger partial charge in [-0.1, -0.05) is 37.5 Å². The van der Waals surface area contributed by atoms with Gasteiger partial charge in [-0.15, -0.1) is 10.2 Å². The summed E-state index contributed by atoms with van der Waals surface area (Å²) >= 11 is 0. The predicted molar refractivity (Wildman–Crippen MR) is 87.4 cm³/mol. The third kappa shape index (κ3) is 4.18. The lowest BCUT2D eigenvalue weighted by Crippen LogP contribution is -2.28. The van der Waals surface area contributed by atoms with Crippen LogP contribution in [0.25, 0.3) is 11.5 Å². The Kier molecular flexibility index (Phi) is 5.05. The van der Waals surface area contributed by atoms with Crippen LogP contribution in [0, 0.1) is 5.92 Å². The fourth-order valence-corrected chi connectivity index (χ4v) is 3.10. The molecule has 5 heteroatoms. The topological polar surface area (TPSA) is 59.2 Å². The van der Waals surface area contributed by atoms with Crippen molar-refractivity contribution in [3.8, 4) is 11.5 Å². The number of carbonyl (C=O) groups is 1. The highest BCUT2D eigenvalue weighted by atomic mass is 16.4. The minimum atomic E-state index is 0.163. The summed E-state index contributed by atoms with van der Waals surface area (Å²) in [4.78, 5) is 14.0. The molecule has 0 radical (unpaired) electrons. The van der Waals surface area contributed by atoms with Crippen LogP contribution < -0.4 is 0 Å². The molecule has 1 fully saturated rings. The molecule has 5 nitrogen and oxygen atoms in total. The molecular formula is C18H23N3O2. The van der Waals surface area contributed by atoms with Gasteiger partial charge in [0.25, 0.3) is 0 Å². The van der Waals surface area contributed by atoms with Gasteiger partial charge >= 0.3 is 0 Å². The standard InChI is InChI=1S/C18H23N3O2/c1-21(17(22)12-14-8-4-2-5-9-14)13-16-19-20-18(23-16)15-10-6-3-7-11-15/h3,6-7,10-11,14H,2,4-5,8-9,12-13H2,1H3. The second-order valence-electron chi connectivity index (χ2n) is 6.32. The highest BCUT2D eigenvalue weighted by Gasteiger charge is 2.20. The molecule has 3 rings (SSSR count). The quantitative estimate of drug-likeness (QED) is 0.845. The molecule has 1 aromatic carbocycles. The Morgan fingerprint density at radius 3 is 2.65 bits per heavy atom. The Labute approximate surface area is 136 Å². The molecule has 0 aliphatic heterocycles. The lowest BCUT2D eigenvalue weighted by Gasteiger charge is -2.23. The fourth-order valence-electron chi connectivity index (χ4n) is 3.10. The van der Waals surface area contributed by atoms with Gasteiger partial charge in [0.1, 0.15) is 0 Å². The maximum atomic E-state index is 12.3. The van der Waals surface area contributed by atoms with Gasteiger partial charge in [0.05, 0.1) is 6.54 Å². The van der Waals surface area contributed by atoms with Crippen LogP contribution in [0.4, 0.5) is 0 Å². The zero-order valence-electron chi connectivity index (χ0n) is 13.6. The molecule has 1 heterocycles. The average molecular weight is 313 g/mol. The third-order valence-electron chi connectivity index (χ3n) is 4.47. The average Bonchev–Trinajstić information content (AvgIpc) is 3.05. The second-order valence-corrected chi connectivity index (χ2v) is 6.32. The fraction of sp³-hybridized carbons (Fsp3) is 0.500. The van der Waals surface area contributed by atoms with E-state index in [2.05, 4.69) is 10.2 Å². The summed E-state index contributed by atoms with van der Waals surface area (Å²) in [5.41, 5.74) is 0.891. The Hall–Kier alpha value is -2.17. The van der Waals surface area contributed by atoms with Gasteiger partial charge in [-0.25, -0.2) is 0 Å². The van der Waals surface area contributed by atoms with Crippen LogP contribution in [0.1, 0.15) is 44.4 Å². The van der Waals surface area contributed by atoms with Crippen molar-refractivity contribution in [2.24, 2.45) is 5.92 Å². The van der Waals surface area contributed by atoms with Gasteiger partial charge in [0, 0.05) is 19.0 Å². The summed E-state index contributed by atoms with van der Waals surface area (Å²) in [7, 11) is 1.80. The largest absolute Gasteiger partial charge is 0.419 e. The monoisotopic (exact) mass is 313 g/mol. The summed E-state index contributed by atoms with van der Waals surface area (Å²) in [5.74, 6) is 1.68. The Morgan fingerprint density at radius 2 is 1.91 bits per heavy atom. The number of hydrogen-bond acceptors (Lipinski definition) is 4. The van der Waals surface area contributed by atoms with E-state index in [1.54, 1.807) is 11.9 Å². The zero-order valence-corrected chi connectivity index (χ0v) is 13.6. The van der Waals surface area contributed by atoms with Crippen molar-refractivity contribution < 1.29 is 9.21 Å². The van der Waals surface area contributed by atoms with Crippen LogP contribution in [0.5, 0.6) is 0 Å². The van der Waals surface area contributed by atoms with Crippen molar-refractivity contribution in [1.29, 1.82) is 0 Å². The summed E-state index contributed by atoms with van der Waals surface area (Å²) in [6.45, 7) is 0.366. The first-order valence-corrected chi connectivity index (χ1v) is 8.34. The van der Waals surface area contributed by atoms with Gasteiger partial charge in [-0.2, -0.15) is 0 Å². The molecule has 2 aromatic rings. The first-order chi connectivity index (χ1) is 11.2. The van der Waals surface area contributed by atoms with E-state index in [0.29, 0.717) is 30.7 Å².